The lowest BCUT2D eigenvalue weighted by molar-refractivity contribution is 0.163. The fourth-order valence-electron chi connectivity index (χ4n) is 4.42. The molecule has 2 aromatic carbocycles. The molecule has 30 heavy (non-hydrogen) atoms. The normalized spacial score (nSPS) is 11.1. The highest BCUT2D eigenvalue weighted by Crippen LogP contribution is 2.45. The van der Waals surface area contributed by atoms with Crippen molar-refractivity contribution in [3.8, 4) is 33.5 Å². The van der Waals surface area contributed by atoms with E-state index >= 15 is 0 Å². The van der Waals surface area contributed by atoms with Crippen molar-refractivity contribution in [2.75, 3.05) is 7.11 Å². The van der Waals surface area contributed by atoms with E-state index in [4.69, 9.17) is 4.84 Å². The smallest absolute Gasteiger partial charge is 0.291 e. The third-order valence-electron chi connectivity index (χ3n) is 5.72. The molecule has 0 N–H and O–H groups in total. The van der Waals surface area contributed by atoms with Crippen LogP contribution < -0.4 is 10.4 Å². The molecule has 0 unspecified atom stereocenters. The van der Waals surface area contributed by atoms with Crippen molar-refractivity contribution in [2.45, 2.75) is 6.92 Å². The Kier molecular flexibility index (Phi) is 4.36. The maximum atomic E-state index is 13.6. The van der Waals surface area contributed by atoms with Crippen molar-refractivity contribution in [1.29, 1.82) is 0 Å². The Morgan fingerprint density at radius 2 is 1.20 bits per heavy atom. The van der Waals surface area contributed by atoms with Gasteiger partial charge in [-0.1, -0.05) is 91.0 Å². The van der Waals surface area contributed by atoms with Crippen molar-refractivity contribution in [3.05, 3.63) is 107 Å². The van der Waals surface area contributed by atoms with Crippen LogP contribution in [0.2, 0.25) is 0 Å². The minimum Gasteiger partial charge on any atom is -0.413 e. The van der Waals surface area contributed by atoms with Gasteiger partial charge in [-0.3, -0.25) is 4.79 Å². The Bertz CT molecular complexity index is 1390. The summed E-state index contributed by atoms with van der Waals surface area (Å²) in [5.74, 6) is 0. The molecule has 1 aromatic heterocycles. The lowest BCUT2D eigenvalue weighted by atomic mass is 9.94. The van der Waals surface area contributed by atoms with E-state index in [-0.39, 0.29) is 5.56 Å². The molecule has 1 heterocycles. The lowest BCUT2D eigenvalue weighted by Crippen LogP contribution is -2.27. The fraction of sp³-hybridized carbons (Fsp3) is 0.0741. The largest absolute Gasteiger partial charge is 0.413 e. The van der Waals surface area contributed by atoms with Crippen molar-refractivity contribution >= 4 is 10.8 Å². The second kappa shape index (κ2) is 7.20. The minimum atomic E-state index is -0.137. The number of fused-ring (bicyclic) bond motifs is 3. The molecule has 0 spiro atoms. The van der Waals surface area contributed by atoms with E-state index in [1.165, 1.54) is 4.73 Å². The highest BCUT2D eigenvalue weighted by atomic mass is 16.6. The van der Waals surface area contributed by atoms with Gasteiger partial charge in [0.1, 0.15) is 7.11 Å². The first-order valence-corrected chi connectivity index (χ1v) is 9.97. The molecule has 0 bridgehead atoms. The van der Waals surface area contributed by atoms with Crippen LogP contribution >= 0.6 is 0 Å². The molecule has 146 valence electrons. The van der Waals surface area contributed by atoms with Gasteiger partial charge in [0.05, 0.1) is 11.1 Å². The average Bonchev–Trinajstić information content (AvgIpc) is 2.94. The zero-order chi connectivity index (χ0) is 20.7. The Balaban J connectivity index is 2.10. The summed E-state index contributed by atoms with van der Waals surface area (Å²) in [4.78, 5) is 19.3. The molecule has 2 aliphatic carbocycles. The zero-order valence-corrected chi connectivity index (χ0v) is 16.9. The summed E-state index contributed by atoms with van der Waals surface area (Å²) in [7, 11) is 1.55. The average molecular weight is 391 g/mol. The summed E-state index contributed by atoms with van der Waals surface area (Å²) in [5.41, 5.74) is 6.74. The maximum Gasteiger partial charge on any atom is 0.291 e. The van der Waals surface area contributed by atoms with E-state index in [0.717, 1.165) is 44.5 Å². The molecular weight excluding hydrogens is 370 g/mol. The molecule has 2 aliphatic rings. The van der Waals surface area contributed by atoms with Crippen LogP contribution in [0.25, 0.3) is 44.3 Å². The standard InChI is InChI=1S/C27H21NO2/c1-18-21-16-10-5-11-17-22(21)25-23(18)27(29)28(30-2)26(20-14-8-4-9-15-20)24(25)19-12-6-3-7-13-19/h3-17H,1-2H3. The maximum absolute atomic E-state index is 13.6. The number of hydrogen-bond acceptors (Lipinski definition) is 2. The van der Waals surface area contributed by atoms with E-state index in [1.54, 1.807) is 7.11 Å². The topological polar surface area (TPSA) is 31.2 Å². The van der Waals surface area contributed by atoms with Crippen molar-refractivity contribution in [3.63, 3.8) is 0 Å². The number of nitrogens with zero attached hydrogens (tertiary/aromatic N) is 1. The molecule has 0 saturated carbocycles. The van der Waals surface area contributed by atoms with Gasteiger partial charge in [0.2, 0.25) is 0 Å². The number of rotatable bonds is 3. The van der Waals surface area contributed by atoms with Crippen LogP contribution in [0.1, 0.15) is 5.56 Å². The van der Waals surface area contributed by atoms with Gasteiger partial charge in [0.25, 0.3) is 5.56 Å². The molecule has 0 atom stereocenters. The van der Waals surface area contributed by atoms with Gasteiger partial charge in [-0.2, -0.15) is 0 Å². The molecule has 3 nitrogen and oxygen atoms in total. The molecule has 5 rings (SSSR count). The van der Waals surface area contributed by atoms with Crippen molar-refractivity contribution in [1.82, 2.24) is 4.73 Å². The van der Waals surface area contributed by atoms with Crippen molar-refractivity contribution < 1.29 is 4.84 Å². The number of aryl methyl sites for hydroxylation is 1. The van der Waals surface area contributed by atoms with Crippen LogP contribution in [0.15, 0.2) is 95.8 Å². The van der Waals surface area contributed by atoms with Crippen LogP contribution in [-0.4, -0.2) is 11.8 Å². The summed E-state index contributed by atoms with van der Waals surface area (Å²) in [6.45, 7) is 2.02. The summed E-state index contributed by atoms with van der Waals surface area (Å²) < 4.78 is 1.44. The first-order valence-electron chi connectivity index (χ1n) is 9.97. The van der Waals surface area contributed by atoms with Gasteiger partial charge >= 0.3 is 0 Å². The number of hydrogen-bond donors (Lipinski definition) is 0. The summed E-state index contributed by atoms with van der Waals surface area (Å²) in [6, 6.07) is 30.4. The molecular formula is C27H21NO2. The molecule has 0 fully saturated rings. The molecule has 0 saturated heterocycles. The number of aromatic nitrogens is 1. The summed E-state index contributed by atoms with van der Waals surface area (Å²) in [6.07, 6.45) is 0. The molecule has 0 radical (unpaired) electrons. The Labute approximate surface area is 175 Å². The number of pyridine rings is 1. The van der Waals surface area contributed by atoms with Gasteiger partial charge in [0.15, 0.2) is 0 Å². The van der Waals surface area contributed by atoms with Crippen LogP contribution in [0.5, 0.6) is 0 Å². The van der Waals surface area contributed by atoms with Gasteiger partial charge in [-0.05, 0) is 29.2 Å². The Morgan fingerprint density at radius 3 is 1.80 bits per heavy atom. The highest BCUT2D eigenvalue weighted by molar-refractivity contribution is 6.15. The van der Waals surface area contributed by atoms with Crippen LogP contribution in [0, 0.1) is 6.92 Å². The zero-order valence-electron chi connectivity index (χ0n) is 16.9. The fourth-order valence-corrected chi connectivity index (χ4v) is 4.42. The predicted molar refractivity (Wildman–Crippen MR) is 123 cm³/mol. The SMILES string of the molecule is COn1c(-c2ccccc2)c(-c2ccccc2)c2c3cccccc-3c(C)c2c1=O. The monoisotopic (exact) mass is 391 g/mol. The summed E-state index contributed by atoms with van der Waals surface area (Å²) in [5, 5.41) is 1.68. The third-order valence-corrected chi connectivity index (χ3v) is 5.72. The van der Waals surface area contributed by atoms with E-state index < -0.39 is 0 Å². The third kappa shape index (κ3) is 2.63. The van der Waals surface area contributed by atoms with Crippen LogP contribution in [0.4, 0.5) is 0 Å². The minimum absolute atomic E-state index is 0.137. The van der Waals surface area contributed by atoms with Gasteiger partial charge in [0, 0.05) is 16.5 Å². The quantitative estimate of drug-likeness (QED) is 0.389. The van der Waals surface area contributed by atoms with Gasteiger partial charge < -0.3 is 4.84 Å². The van der Waals surface area contributed by atoms with Crippen LogP contribution in [-0.2, 0) is 0 Å². The Morgan fingerprint density at radius 1 is 0.667 bits per heavy atom. The van der Waals surface area contributed by atoms with E-state index in [9.17, 15) is 4.79 Å². The van der Waals surface area contributed by atoms with Crippen LogP contribution in [0.3, 0.4) is 0 Å². The first-order chi connectivity index (χ1) is 14.7. The molecule has 3 heteroatoms. The predicted octanol–water partition coefficient (Wildman–Crippen LogP) is 5.81. The number of benzene rings is 2. The molecule has 0 aliphatic heterocycles. The Hall–Kier alpha value is -3.85. The van der Waals surface area contributed by atoms with E-state index in [2.05, 4.69) is 24.3 Å². The lowest BCUT2D eigenvalue weighted by Gasteiger charge is -2.18. The second-order valence-electron chi connectivity index (χ2n) is 7.35. The second-order valence-corrected chi connectivity index (χ2v) is 7.35. The van der Waals surface area contributed by atoms with Crippen molar-refractivity contribution in [2.24, 2.45) is 0 Å². The van der Waals surface area contributed by atoms with E-state index in [0.29, 0.717) is 5.39 Å². The van der Waals surface area contributed by atoms with E-state index in [1.807, 2.05) is 73.7 Å². The first kappa shape index (κ1) is 18.2. The van der Waals surface area contributed by atoms with Gasteiger partial charge in [-0.15, -0.1) is 4.73 Å². The molecule has 3 aromatic rings. The highest BCUT2D eigenvalue weighted by Gasteiger charge is 2.26. The summed E-state index contributed by atoms with van der Waals surface area (Å²) >= 11 is 0. The van der Waals surface area contributed by atoms with Gasteiger partial charge in [-0.25, -0.2) is 0 Å². The molecule has 0 amide bonds.